The van der Waals surface area contributed by atoms with Crippen molar-refractivity contribution >= 4 is 11.9 Å². The van der Waals surface area contributed by atoms with E-state index in [0.717, 1.165) is 31.4 Å². The van der Waals surface area contributed by atoms with Crippen LogP contribution in [0.15, 0.2) is 48.5 Å². The Kier molecular flexibility index (Phi) is 10.7. The predicted molar refractivity (Wildman–Crippen MR) is 117 cm³/mol. The second-order valence-corrected chi connectivity index (χ2v) is 7.57. The van der Waals surface area contributed by atoms with Crippen LogP contribution in [0, 0.1) is 0 Å². The van der Waals surface area contributed by atoms with E-state index in [4.69, 9.17) is 9.47 Å². The number of hydrogen-bond acceptors (Lipinski definition) is 5. The fourth-order valence-electron chi connectivity index (χ4n) is 3.15. The van der Waals surface area contributed by atoms with Crippen molar-refractivity contribution in [2.75, 3.05) is 6.61 Å². The van der Waals surface area contributed by atoms with Crippen molar-refractivity contribution in [2.24, 2.45) is 0 Å². The molecule has 33 heavy (non-hydrogen) atoms. The SMILES string of the molecule is CCCCCCCCCOC(=O)c1ccccc1C(=O)OCc1ccc(OC(F)(F)F)cc1. The van der Waals surface area contributed by atoms with Crippen LogP contribution in [-0.2, 0) is 16.1 Å². The molecule has 0 spiro atoms. The van der Waals surface area contributed by atoms with Crippen molar-refractivity contribution in [3.05, 3.63) is 65.2 Å². The molecule has 0 atom stereocenters. The van der Waals surface area contributed by atoms with Gasteiger partial charge in [0, 0.05) is 0 Å². The van der Waals surface area contributed by atoms with E-state index in [9.17, 15) is 22.8 Å². The Morgan fingerprint density at radius 3 is 1.88 bits per heavy atom. The Labute approximate surface area is 191 Å². The average molecular weight is 466 g/mol. The summed E-state index contributed by atoms with van der Waals surface area (Å²) in [5.41, 5.74) is 0.648. The summed E-state index contributed by atoms with van der Waals surface area (Å²) in [4.78, 5) is 24.9. The van der Waals surface area contributed by atoms with E-state index < -0.39 is 18.3 Å². The number of alkyl halides is 3. The molecule has 0 heterocycles. The maximum Gasteiger partial charge on any atom is 0.573 e. The van der Waals surface area contributed by atoms with Crippen LogP contribution in [0.3, 0.4) is 0 Å². The van der Waals surface area contributed by atoms with Gasteiger partial charge in [-0.1, -0.05) is 69.7 Å². The second kappa shape index (κ2) is 13.5. The zero-order chi connectivity index (χ0) is 24.1. The maximum absolute atomic E-state index is 12.5. The zero-order valence-electron chi connectivity index (χ0n) is 18.7. The van der Waals surface area contributed by atoms with Crippen LogP contribution in [-0.4, -0.2) is 24.9 Å². The average Bonchev–Trinajstić information content (AvgIpc) is 2.79. The molecule has 0 aliphatic carbocycles. The summed E-state index contributed by atoms with van der Waals surface area (Å²) < 4.78 is 51.0. The molecule has 0 radical (unpaired) electrons. The van der Waals surface area contributed by atoms with E-state index >= 15 is 0 Å². The molecule has 0 N–H and O–H groups in total. The number of ether oxygens (including phenoxy) is 3. The van der Waals surface area contributed by atoms with Gasteiger partial charge in [-0.05, 0) is 36.2 Å². The van der Waals surface area contributed by atoms with Gasteiger partial charge in [0.15, 0.2) is 0 Å². The number of rotatable bonds is 13. The summed E-state index contributed by atoms with van der Waals surface area (Å²) in [5, 5.41) is 0. The first-order valence-electron chi connectivity index (χ1n) is 11.1. The molecule has 2 aromatic carbocycles. The number of halogens is 3. The Balaban J connectivity index is 1.83. The van der Waals surface area contributed by atoms with Gasteiger partial charge in [0.05, 0.1) is 17.7 Å². The molecule has 0 aliphatic heterocycles. The van der Waals surface area contributed by atoms with E-state index in [0.29, 0.717) is 5.56 Å². The van der Waals surface area contributed by atoms with E-state index in [-0.39, 0.29) is 30.1 Å². The normalized spacial score (nSPS) is 11.2. The maximum atomic E-state index is 12.5. The van der Waals surface area contributed by atoms with Crippen molar-refractivity contribution in [2.45, 2.75) is 64.8 Å². The van der Waals surface area contributed by atoms with Crippen LogP contribution in [0.5, 0.6) is 5.75 Å². The number of hydrogen-bond donors (Lipinski definition) is 0. The lowest BCUT2D eigenvalue weighted by Crippen LogP contribution is -2.17. The number of unbranched alkanes of at least 4 members (excludes halogenated alkanes) is 6. The summed E-state index contributed by atoms with van der Waals surface area (Å²) in [7, 11) is 0. The molecule has 0 bridgehead atoms. The molecule has 8 heteroatoms. The standard InChI is InChI=1S/C25H29F3O5/c1-2-3-4-5-6-7-10-17-31-23(29)21-11-8-9-12-22(21)24(30)32-18-19-13-15-20(16-14-19)33-25(26,27)28/h8-9,11-16H,2-7,10,17-18H2,1H3. The third-order valence-corrected chi connectivity index (χ3v) is 4.87. The van der Waals surface area contributed by atoms with E-state index in [1.807, 2.05) is 0 Å². The molecule has 0 fully saturated rings. The molecular weight excluding hydrogens is 437 g/mol. The van der Waals surface area contributed by atoms with Crippen LogP contribution < -0.4 is 4.74 Å². The number of carbonyl (C=O) groups is 2. The molecule has 2 aromatic rings. The summed E-state index contributed by atoms with van der Waals surface area (Å²) in [5.74, 6) is -1.69. The highest BCUT2D eigenvalue weighted by atomic mass is 19.4. The van der Waals surface area contributed by atoms with E-state index in [1.54, 1.807) is 12.1 Å². The number of esters is 2. The third kappa shape index (κ3) is 9.97. The minimum atomic E-state index is -4.78. The minimum absolute atomic E-state index is 0.0686. The largest absolute Gasteiger partial charge is 0.573 e. The van der Waals surface area contributed by atoms with Crippen molar-refractivity contribution in [1.82, 2.24) is 0 Å². The lowest BCUT2D eigenvalue weighted by atomic mass is 10.1. The van der Waals surface area contributed by atoms with Crippen LogP contribution >= 0.6 is 0 Å². The molecule has 0 saturated heterocycles. The summed E-state index contributed by atoms with van der Waals surface area (Å²) in [6.45, 7) is 2.27. The predicted octanol–water partition coefficient (Wildman–Crippen LogP) is 6.85. The van der Waals surface area contributed by atoms with Gasteiger partial charge in [-0.3, -0.25) is 0 Å². The Morgan fingerprint density at radius 1 is 0.758 bits per heavy atom. The van der Waals surface area contributed by atoms with E-state index in [2.05, 4.69) is 11.7 Å². The zero-order valence-corrected chi connectivity index (χ0v) is 18.7. The first kappa shape index (κ1) is 26.2. The topological polar surface area (TPSA) is 61.8 Å². The fraction of sp³-hybridized carbons (Fsp3) is 0.440. The Bertz CT molecular complexity index is 878. The van der Waals surface area contributed by atoms with Gasteiger partial charge >= 0.3 is 18.3 Å². The highest BCUT2D eigenvalue weighted by Gasteiger charge is 2.31. The van der Waals surface area contributed by atoms with Crippen LogP contribution in [0.2, 0.25) is 0 Å². The van der Waals surface area contributed by atoms with Crippen LogP contribution in [0.25, 0.3) is 0 Å². The third-order valence-electron chi connectivity index (χ3n) is 4.87. The van der Waals surface area contributed by atoms with Gasteiger partial charge in [0.1, 0.15) is 12.4 Å². The molecule has 0 amide bonds. The minimum Gasteiger partial charge on any atom is -0.462 e. The molecule has 180 valence electrons. The van der Waals surface area contributed by atoms with Crippen LogP contribution in [0.4, 0.5) is 13.2 Å². The highest BCUT2D eigenvalue weighted by Crippen LogP contribution is 2.23. The first-order valence-corrected chi connectivity index (χ1v) is 11.1. The molecule has 5 nitrogen and oxygen atoms in total. The van der Waals surface area contributed by atoms with Gasteiger partial charge in [0.2, 0.25) is 0 Å². The molecule has 0 saturated carbocycles. The molecule has 0 aromatic heterocycles. The van der Waals surface area contributed by atoms with Crippen LogP contribution in [0.1, 0.15) is 78.1 Å². The first-order chi connectivity index (χ1) is 15.8. The monoisotopic (exact) mass is 466 g/mol. The Morgan fingerprint density at radius 2 is 1.30 bits per heavy atom. The summed E-state index contributed by atoms with van der Waals surface area (Å²) in [6.07, 6.45) is 2.89. The Hall–Kier alpha value is -3.03. The van der Waals surface area contributed by atoms with Gasteiger partial charge in [-0.2, -0.15) is 0 Å². The lowest BCUT2D eigenvalue weighted by Gasteiger charge is -2.11. The molecule has 0 aliphatic rings. The smallest absolute Gasteiger partial charge is 0.462 e. The van der Waals surface area contributed by atoms with Gasteiger partial charge < -0.3 is 14.2 Å². The van der Waals surface area contributed by atoms with Gasteiger partial charge in [-0.15, -0.1) is 13.2 Å². The van der Waals surface area contributed by atoms with Gasteiger partial charge in [-0.25, -0.2) is 9.59 Å². The van der Waals surface area contributed by atoms with Crippen molar-refractivity contribution in [3.63, 3.8) is 0 Å². The van der Waals surface area contributed by atoms with E-state index in [1.165, 1.54) is 49.9 Å². The van der Waals surface area contributed by atoms with Crippen molar-refractivity contribution < 1.29 is 37.0 Å². The fourth-order valence-corrected chi connectivity index (χ4v) is 3.15. The summed E-state index contributed by atoms with van der Waals surface area (Å²) in [6, 6.07) is 11.2. The van der Waals surface area contributed by atoms with Crippen molar-refractivity contribution in [1.29, 1.82) is 0 Å². The molecule has 2 rings (SSSR count). The second-order valence-electron chi connectivity index (χ2n) is 7.57. The number of carbonyl (C=O) groups excluding carboxylic acids is 2. The molecular formula is C25H29F3O5. The quantitative estimate of drug-likeness (QED) is 0.239. The lowest BCUT2D eigenvalue weighted by molar-refractivity contribution is -0.274. The molecule has 0 unspecified atom stereocenters. The summed E-state index contributed by atoms with van der Waals surface area (Å²) >= 11 is 0. The highest BCUT2D eigenvalue weighted by molar-refractivity contribution is 6.03. The van der Waals surface area contributed by atoms with Crippen molar-refractivity contribution in [3.8, 4) is 5.75 Å². The van der Waals surface area contributed by atoms with Gasteiger partial charge in [0.25, 0.3) is 0 Å². The number of benzene rings is 2.